The van der Waals surface area contributed by atoms with Gasteiger partial charge < -0.3 is 14.8 Å². The van der Waals surface area contributed by atoms with Crippen molar-refractivity contribution in [1.29, 1.82) is 0 Å². The van der Waals surface area contributed by atoms with E-state index in [-0.39, 0.29) is 17.4 Å². The van der Waals surface area contributed by atoms with Gasteiger partial charge in [-0.2, -0.15) is 0 Å². The zero-order valence-electron chi connectivity index (χ0n) is 14.5. The number of methoxy groups -OCH3 is 2. The fourth-order valence-electron chi connectivity index (χ4n) is 2.55. The number of fused-ring (bicyclic) bond motifs is 1. The summed E-state index contributed by atoms with van der Waals surface area (Å²) < 4.78 is 24.7. The Bertz CT molecular complexity index is 1080. The fraction of sp³-hybridized carbons (Fsp3) is 0.167. The summed E-state index contributed by atoms with van der Waals surface area (Å²) in [6, 6.07) is 6.69. The molecule has 140 valence electrons. The first-order valence-corrected chi connectivity index (χ1v) is 8.17. The van der Waals surface area contributed by atoms with Crippen LogP contribution in [0.25, 0.3) is 10.9 Å². The molecule has 1 aromatic heterocycles. The smallest absolute Gasteiger partial charge is 0.261 e. The Hall–Kier alpha value is -3.13. The van der Waals surface area contributed by atoms with Crippen LogP contribution in [0.3, 0.4) is 0 Å². The van der Waals surface area contributed by atoms with Gasteiger partial charge in [-0.15, -0.1) is 0 Å². The monoisotopic (exact) mass is 391 g/mol. The zero-order chi connectivity index (χ0) is 19.6. The third-order valence-electron chi connectivity index (χ3n) is 3.85. The molecule has 0 atom stereocenters. The number of anilines is 1. The number of carbonyl (C=O) groups is 1. The molecule has 0 bridgehead atoms. The first-order valence-electron chi connectivity index (χ1n) is 7.79. The van der Waals surface area contributed by atoms with Gasteiger partial charge in [-0.3, -0.25) is 14.2 Å². The molecule has 0 aliphatic heterocycles. The summed E-state index contributed by atoms with van der Waals surface area (Å²) in [4.78, 5) is 28.9. The first kappa shape index (κ1) is 18.7. The SMILES string of the molecule is COc1cc(NC(=O)Cn2cnc3cc(F)ccc3c2=O)c(OC)cc1Cl. The number of amides is 1. The molecule has 0 saturated heterocycles. The molecule has 0 aliphatic rings. The Balaban J connectivity index is 1.86. The summed E-state index contributed by atoms with van der Waals surface area (Å²) in [7, 11) is 2.88. The Morgan fingerprint density at radius 2 is 1.96 bits per heavy atom. The summed E-state index contributed by atoms with van der Waals surface area (Å²) in [5.41, 5.74) is 0.115. The lowest BCUT2D eigenvalue weighted by Crippen LogP contribution is -2.28. The van der Waals surface area contributed by atoms with Gasteiger partial charge in [-0.05, 0) is 12.1 Å². The number of ether oxygens (including phenoxy) is 2. The van der Waals surface area contributed by atoms with E-state index in [0.717, 1.165) is 10.6 Å². The van der Waals surface area contributed by atoms with E-state index in [9.17, 15) is 14.0 Å². The van der Waals surface area contributed by atoms with Crippen LogP contribution in [0, 0.1) is 5.82 Å². The van der Waals surface area contributed by atoms with Crippen molar-refractivity contribution < 1.29 is 18.7 Å². The molecule has 1 heterocycles. The van der Waals surface area contributed by atoms with Crippen LogP contribution in [0.1, 0.15) is 0 Å². The average Bonchev–Trinajstić information content (AvgIpc) is 2.65. The van der Waals surface area contributed by atoms with Gasteiger partial charge in [-0.1, -0.05) is 11.6 Å². The minimum atomic E-state index is -0.492. The molecule has 9 heteroatoms. The lowest BCUT2D eigenvalue weighted by Gasteiger charge is -2.13. The van der Waals surface area contributed by atoms with E-state index in [2.05, 4.69) is 10.3 Å². The van der Waals surface area contributed by atoms with Gasteiger partial charge in [0.2, 0.25) is 5.91 Å². The van der Waals surface area contributed by atoms with Gasteiger partial charge in [0.05, 0.1) is 42.2 Å². The number of aromatic nitrogens is 2. The molecule has 0 saturated carbocycles. The van der Waals surface area contributed by atoms with Crippen molar-refractivity contribution >= 4 is 34.1 Å². The van der Waals surface area contributed by atoms with E-state index in [1.165, 1.54) is 44.8 Å². The predicted octanol–water partition coefficient (Wildman–Crippen LogP) is 2.84. The van der Waals surface area contributed by atoms with E-state index in [1.807, 2.05) is 0 Å². The second-order valence-corrected chi connectivity index (χ2v) is 5.98. The molecular weight excluding hydrogens is 377 g/mol. The van der Waals surface area contributed by atoms with Gasteiger partial charge in [0.15, 0.2) is 0 Å². The zero-order valence-corrected chi connectivity index (χ0v) is 15.2. The summed E-state index contributed by atoms with van der Waals surface area (Å²) in [6.07, 6.45) is 1.20. The molecule has 0 aliphatic carbocycles. The Labute approximate surface area is 158 Å². The second kappa shape index (κ2) is 7.63. The maximum Gasteiger partial charge on any atom is 0.261 e. The van der Waals surface area contributed by atoms with Crippen LogP contribution in [0.2, 0.25) is 5.02 Å². The van der Waals surface area contributed by atoms with Crippen molar-refractivity contribution in [3.05, 3.63) is 57.9 Å². The number of hydrogen-bond donors (Lipinski definition) is 1. The lowest BCUT2D eigenvalue weighted by atomic mass is 10.2. The number of halogens is 2. The topological polar surface area (TPSA) is 82.5 Å². The molecule has 0 fully saturated rings. The van der Waals surface area contributed by atoms with Crippen LogP contribution in [-0.2, 0) is 11.3 Å². The highest BCUT2D eigenvalue weighted by Gasteiger charge is 2.14. The number of benzene rings is 2. The third kappa shape index (κ3) is 3.85. The normalized spacial score (nSPS) is 10.7. The fourth-order valence-corrected chi connectivity index (χ4v) is 2.78. The number of hydrogen-bond acceptors (Lipinski definition) is 5. The van der Waals surface area contributed by atoms with E-state index in [1.54, 1.807) is 0 Å². The molecule has 1 amide bonds. The standard InChI is InChI=1S/C18H15ClFN3O4/c1-26-15-7-14(16(27-2)6-12(15)19)22-17(24)8-23-9-21-13-5-10(20)3-4-11(13)18(23)25/h3-7,9H,8H2,1-2H3,(H,22,24). The van der Waals surface area contributed by atoms with Crippen LogP contribution < -0.4 is 20.3 Å². The quantitative estimate of drug-likeness (QED) is 0.723. The molecule has 0 radical (unpaired) electrons. The predicted molar refractivity (Wildman–Crippen MR) is 99.1 cm³/mol. The second-order valence-electron chi connectivity index (χ2n) is 5.57. The Morgan fingerprint density at radius 1 is 1.22 bits per heavy atom. The molecule has 0 unspecified atom stereocenters. The van der Waals surface area contributed by atoms with Crippen LogP contribution in [0.15, 0.2) is 41.5 Å². The van der Waals surface area contributed by atoms with Crippen LogP contribution >= 0.6 is 11.6 Å². The van der Waals surface area contributed by atoms with E-state index < -0.39 is 17.3 Å². The maximum absolute atomic E-state index is 13.2. The summed E-state index contributed by atoms with van der Waals surface area (Å²) in [6.45, 7) is -0.284. The number of rotatable bonds is 5. The van der Waals surface area contributed by atoms with Gasteiger partial charge in [-0.25, -0.2) is 9.37 Å². The van der Waals surface area contributed by atoms with E-state index in [4.69, 9.17) is 21.1 Å². The maximum atomic E-state index is 13.2. The summed E-state index contributed by atoms with van der Waals surface area (Å²) in [5.74, 6) is -0.273. The highest BCUT2D eigenvalue weighted by atomic mass is 35.5. The van der Waals surface area contributed by atoms with Crippen molar-refractivity contribution in [2.75, 3.05) is 19.5 Å². The van der Waals surface area contributed by atoms with Crippen LogP contribution in [-0.4, -0.2) is 29.7 Å². The molecule has 1 N–H and O–H groups in total. The molecular formula is C18H15ClFN3O4. The van der Waals surface area contributed by atoms with Crippen molar-refractivity contribution in [2.24, 2.45) is 0 Å². The molecule has 0 spiro atoms. The Morgan fingerprint density at radius 3 is 2.67 bits per heavy atom. The molecule has 27 heavy (non-hydrogen) atoms. The van der Waals surface area contributed by atoms with Crippen molar-refractivity contribution in [3.8, 4) is 11.5 Å². The van der Waals surface area contributed by atoms with Crippen molar-refractivity contribution in [3.63, 3.8) is 0 Å². The van der Waals surface area contributed by atoms with Gasteiger partial charge in [0.25, 0.3) is 5.56 Å². The highest BCUT2D eigenvalue weighted by molar-refractivity contribution is 6.32. The van der Waals surface area contributed by atoms with Gasteiger partial charge >= 0.3 is 0 Å². The number of nitrogens with one attached hydrogen (secondary N) is 1. The molecule has 3 rings (SSSR count). The van der Waals surface area contributed by atoms with Crippen molar-refractivity contribution in [2.45, 2.75) is 6.54 Å². The van der Waals surface area contributed by atoms with Gasteiger partial charge in [0, 0.05) is 18.2 Å². The largest absolute Gasteiger partial charge is 0.495 e. The third-order valence-corrected chi connectivity index (χ3v) is 4.14. The minimum absolute atomic E-state index is 0.220. The summed E-state index contributed by atoms with van der Waals surface area (Å²) >= 11 is 6.04. The average molecular weight is 392 g/mol. The summed E-state index contributed by atoms with van der Waals surface area (Å²) in [5, 5.41) is 3.19. The Kier molecular flexibility index (Phi) is 5.27. The number of carbonyl (C=O) groups excluding carboxylic acids is 1. The first-order chi connectivity index (χ1) is 12.9. The van der Waals surface area contributed by atoms with E-state index >= 15 is 0 Å². The van der Waals surface area contributed by atoms with Gasteiger partial charge in [0.1, 0.15) is 23.9 Å². The molecule has 7 nitrogen and oxygen atoms in total. The van der Waals surface area contributed by atoms with Crippen LogP contribution in [0.4, 0.5) is 10.1 Å². The highest BCUT2D eigenvalue weighted by Crippen LogP contribution is 2.35. The minimum Gasteiger partial charge on any atom is -0.495 e. The molecule has 2 aromatic carbocycles. The molecule has 3 aromatic rings. The van der Waals surface area contributed by atoms with Crippen molar-refractivity contribution in [1.82, 2.24) is 9.55 Å². The number of nitrogens with zero attached hydrogens (tertiary/aromatic N) is 2. The van der Waals surface area contributed by atoms with E-state index in [0.29, 0.717) is 22.2 Å². The van der Waals surface area contributed by atoms with Crippen LogP contribution in [0.5, 0.6) is 11.5 Å². The lowest BCUT2D eigenvalue weighted by molar-refractivity contribution is -0.116.